The molecule has 6 nitrogen and oxygen atoms in total. The second-order valence-electron chi connectivity index (χ2n) is 5.63. The average Bonchev–Trinajstić information content (AvgIpc) is 2.66. The first-order valence-corrected chi connectivity index (χ1v) is 7.91. The van der Waals surface area contributed by atoms with Crippen LogP contribution in [0.5, 0.6) is 5.75 Å². The van der Waals surface area contributed by atoms with Gasteiger partial charge in [0.1, 0.15) is 16.9 Å². The number of ketones is 1. The Labute approximate surface area is 149 Å². The second-order valence-corrected chi connectivity index (χ2v) is 5.63. The van der Waals surface area contributed by atoms with Crippen molar-refractivity contribution in [2.75, 3.05) is 7.11 Å². The van der Waals surface area contributed by atoms with Crippen LogP contribution in [0.2, 0.25) is 0 Å². The SMILES string of the molecule is COc1ccc(C(=O)[C@@H](C)OC(=O)c2cc3ccccc3oc2=O)cc1. The van der Waals surface area contributed by atoms with E-state index in [1.54, 1.807) is 48.5 Å². The number of benzene rings is 2. The lowest BCUT2D eigenvalue weighted by molar-refractivity contribution is 0.0315. The highest BCUT2D eigenvalue weighted by molar-refractivity contribution is 6.01. The number of fused-ring (bicyclic) bond motifs is 1. The van der Waals surface area contributed by atoms with Crippen molar-refractivity contribution in [2.45, 2.75) is 13.0 Å². The van der Waals surface area contributed by atoms with Crippen LogP contribution in [0, 0.1) is 0 Å². The van der Waals surface area contributed by atoms with Crippen molar-refractivity contribution in [3.63, 3.8) is 0 Å². The number of methoxy groups -OCH3 is 1. The van der Waals surface area contributed by atoms with Crippen molar-refractivity contribution in [3.8, 4) is 5.75 Å². The molecule has 0 unspecified atom stereocenters. The summed E-state index contributed by atoms with van der Waals surface area (Å²) < 4.78 is 15.3. The number of carbonyl (C=O) groups excluding carboxylic acids is 2. The highest BCUT2D eigenvalue weighted by Gasteiger charge is 2.23. The standard InChI is InChI=1S/C20H16O6/c1-12(18(21)13-7-9-15(24-2)10-8-13)25-19(22)16-11-14-5-3-4-6-17(14)26-20(16)23/h3-12H,1-2H3/t12-/m1/s1. The molecule has 0 fully saturated rings. The minimum atomic E-state index is -1.05. The summed E-state index contributed by atoms with van der Waals surface area (Å²) in [6.07, 6.45) is -1.05. The van der Waals surface area contributed by atoms with E-state index in [9.17, 15) is 14.4 Å². The minimum absolute atomic E-state index is 0.252. The fourth-order valence-electron chi connectivity index (χ4n) is 2.47. The number of carbonyl (C=O) groups is 2. The molecule has 1 heterocycles. The number of rotatable bonds is 5. The fraction of sp³-hybridized carbons (Fsp3) is 0.150. The Bertz CT molecular complexity index is 1020. The first-order chi connectivity index (χ1) is 12.5. The van der Waals surface area contributed by atoms with Crippen LogP contribution in [0.25, 0.3) is 11.0 Å². The monoisotopic (exact) mass is 352 g/mol. The summed E-state index contributed by atoms with van der Waals surface area (Å²) in [5.74, 6) is -0.676. The summed E-state index contributed by atoms with van der Waals surface area (Å²) >= 11 is 0. The van der Waals surface area contributed by atoms with Gasteiger partial charge in [0, 0.05) is 10.9 Å². The molecule has 0 bridgehead atoms. The zero-order valence-electron chi connectivity index (χ0n) is 14.2. The van der Waals surface area contributed by atoms with E-state index in [2.05, 4.69) is 0 Å². The molecule has 0 amide bonds. The van der Waals surface area contributed by atoms with Gasteiger partial charge in [-0.1, -0.05) is 18.2 Å². The van der Waals surface area contributed by atoms with E-state index in [-0.39, 0.29) is 11.3 Å². The van der Waals surface area contributed by atoms with Crippen molar-refractivity contribution < 1.29 is 23.5 Å². The lowest BCUT2D eigenvalue weighted by Gasteiger charge is -2.12. The van der Waals surface area contributed by atoms with Crippen molar-refractivity contribution in [1.29, 1.82) is 0 Å². The Morgan fingerprint density at radius 3 is 2.42 bits per heavy atom. The molecule has 0 aliphatic heterocycles. The van der Waals surface area contributed by atoms with E-state index in [0.717, 1.165) is 0 Å². The van der Waals surface area contributed by atoms with Crippen LogP contribution in [0.3, 0.4) is 0 Å². The highest BCUT2D eigenvalue weighted by Crippen LogP contribution is 2.16. The molecule has 0 aliphatic rings. The maximum Gasteiger partial charge on any atom is 0.351 e. The van der Waals surface area contributed by atoms with E-state index in [4.69, 9.17) is 13.9 Å². The molecule has 3 aromatic rings. The molecule has 1 atom stereocenters. The third-order valence-corrected chi connectivity index (χ3v) is 3.89. The zero-order chi connectivity index (χ0) is 18.7. The van der Waals surface area contributed by atoms with Gasteiger partial charge in [-0.3, -0.25) is 4.79 Å². The van der Waals surface area contributed by atoms with E-state index in [0.29, 0.717) is 22.3 Å². The number of hydrogen-bond acceptors (Lipinski definition) is 6. The summed E-state index contributed by atoms with van der Waals surface area (Å²) in [5.41, 5.74) is -0.316. The molecular weight excluding hydrogens is 336 g/mol. The molecule has 0 N–H and O–H groups in total. The molecule has 0 saturated heterocycles. The zero-order valence-corrected chi connectivity index (χ0v) is 14.2. The number of hydrogen-bond donors (Lipinski definition) is 0. The maximum atomic E-state index is 12.4. The van der Waals surface area contributed by atoms with Crippen molar-refractivity contribution >= 4 is 22.7 Å². The number of esters is 1. The Balaban J connectivity index is 1.79. The van der Waals surface area contributed by atoms with Gasteiger partial charge in [-0.25, -0.2) is 9.59 Å². The van der Waals surface area contributed by atoms with E-state index < -0.39 is 17.7 Å². The minimum Gasteiger partial charge on any atom is -0.497 e. The van der Waals surface area contributed by atoms with Gasteiger partial charge in [0.25, 0.3) is 0 Å². The first-order valence-electron chi connectivity index (χ1n) is 7.91. The van der Waals surface area contributed by atoms with Crippen LogP contribution in [0.15, 0.2) is 63.8 Å². The number of Topliss-reactive ketones (excluding diaryl/α,β-unsaturated/α-hetero) is 1. The van der Waals surface area contributed by atoms with Gasteiger partial charge in [0.2, 0.25) is 5.78 Å². The maximum absolute atomic E-state index is 12.4. The molecule has 2 aromatic carbocycles. The van der Waals surface area contributed by atoms with Gasteiger partial charge >= 0.3 is 11.6 Å². The highest BCUT2D eigenvalue weighted by atomic mass is 16.5. The van der Waals surface area contributed by atoms with Crippen molar-refractivity contribution in [3.05, 3.63) is 76.1 Å². The normalized spacial score (nSPS) is 11.8. The number of ether oxygens (including phenoxy) is 2. The summed E-state index contributed by atoms with van der Waals surface area (Å²) in [6.45, 7) is 1.45. The predicted octanol–water partition coefficient (Wildman–Crippen LogP) is 3.23. The Hall–Kier alpha value is -3.41. The second kappa shape index (κ2) is 7.23. The molecule has 0 spiro atoms. The average molecular weight is 352 g/mol. The van der Waals surface area contributed by atoms with Crippen LogP contribution in [-0.2, 0) is 4.74 Å². The lowest BCUT2D eigenvalue weighted by Crippen LogP contribution is -2.27. The molecule has 6 heteroatoms. The first kappa shape index (κ1) is 17.4. The quantitative estimate of drug-likeness (QED) is 0.398. The van der Waals surface area contributed by atoms with Gasteiger partial charge in [0.05, 0.1) is 7.11 Å². The fourth-order valence-corrected chi connectivity index (χ4v) is 2.47. The molecule has 0 saturated carbocycles. The largest absolute Gasteiger partial charge is 0.497 e. The van der Waals surface area contributed by atoms with Gasteiger partial charge in [-0.05, 0) is 43.3 Å². The van der Waals surface area contributed by atoms with Gasteiger partial charge < -0.3 is 13.9 Å². The van der Waals surface area contributed by atoms with Crippen molar-refractivity contribution in [2.24, 2.45) is 0 Å². The van der Waals surface area contributed by atoms with Crippen LogP contribution in [-0.4, -0.2) is 25.0 Å². The summed E-state index contributed by atoms with van der Waals surface area (Å²) in [7, 11) is 1.52. The topological polar surface area (TPSA) is 82.8 Å². The third kappa shape index (κ3) is 3.49. The molecule has 1 aromatic heterocycles. The summed E-state index contributed by atoms with van der Waals surface area (Å²) in [5, 5.41) is 0.591. The Morgan fingerprint density at radius 1 is 1.04 bits per heavy atom. The molecule has 0 aliphatic carbocycles. The Kier molecular flexibility index (Phi) is 4.84. The van der Waals surface area contributed by atoms with E-state index >= 15 is 0 Å². The number of para-hydroxylation sites is 1. The molecule has 0 radical (unpaired) electrons. The molecule has 3 rings (SSSR count). The lowest BCUT2D eigenvalue weighted by atomic mass is 10.1. The molecule has 26 heavy (non-hydrogen) atoms. The summed E-state index contributed by atoms with van der Waals surface area (Å²) in [4.78, 5) is 36.7. The molecule has 132 valence electrons. The van der Waals surface area contributed by atoms with Gasteiger partial charge in [0.15, 0.2) is 6.10 Å². The van der Waals surface area contributed by atoms with E-state index in [1.165, 1.54) is 20.1 Å². The van der Waals surface area contributed by atoms with Gasteiger partial charge in [-0.2, -0.15) is 0 Å². The van der Waals surface area contributed by atoms with Crippen LogP contribution < -0.4 is 10.4 Å². The summed E-state index contributed by atoms with van der Waals surface area (Å²) in [6, 6.07) is 14.6. The van der Waals surface area contributed by atoms with E-state index in [1.807, 2.05) is 0 Å². The van der Waals surface area contributed by atoms with Crippen LogP contribution in [0.4, 0.5) is 0 Å². The Morgan fingerprint density at radius 2 is 1.73 bits per heavy atom. The van der Waals surface area contributed by atoms with Crippen LogP contribution in [0.1, 0.15) is 27.6 Å². The van der Waals surface area contributed by atoms with Crippen molar-refractivity contribution in [1.82, 2.24) is 0 Å². The van der Waals surface area contributed by atoms with Crippen LogP contribution >= 0.6 is 0 Å². The molecular formula is C20H16O6. The predicted molar refractivity (Wildman–Crippen MR) is 94.7 cm³/mol. The smallest absolute Gasteiger partial charge is 0.351 e. The third-order valence-electron chi connectivity index (χ3n) is 3.89. The van der Waals surface area contributed by atoms with Gasteiger partial charge in [-0.15, -0.1) is 0 Å².